The molecule has 0 saturated carbocycles. The Kier molecular flexibility index (Phi) is 4.16. The molecule has 0 radical (unpaired) electrons. The average molecular weight is 295 g/mol. The molecular formula is C15H18FNO4. The van der Waals surface area contributed by atoms with Gasteiger partial charge in [-0.1, -0.05) is 13.0 Å². The summed E-state index contributed by atoms with van der Waals surface area (Å²) in [4.78, 5) is 25.3. The van der Waals surface area contributed by atoms with Crippen LogP contribution in [0.25, 0.3) is 0 Å². The number of carbonyl (C=O) groups excluding carboxylic acids is 1. The molecule has 1 aromatic carbocycles. The number of likely N-dealkylation sites (tertiary alicyclic amines) is 1. The molecule has 2 rings (SSSR count). The molecule has 0 aliphatic carbocycles. The number of carboxylic acid groups (broad SMARTS) is 1. The van der Waals surface area contributed by atoms with Crippen molar-refractivity contribution >= 4 is 11.9 Å². The lowest BCUT2D eigenvalue weighted by Gasteiger charge is -2.23. The highest BCUT2D eigenvalue weighted by Gasteiger charge is 2.45. The lowest BCUT2D eigenvalue weighted by Crippen LogP contribution is -2.36. The van der Waals surface area contributed by atoms with Crippen molar-refractivity contribution in [1.82, 2.24) is 4.90 Å². The Morgan fingerprint density at radius 3 is 2.71 bits per heavy atom. The highest BCUT2D eigenvalue weighted by molar-refractivity contribution is 5.98. The van der Waals surface area contributed by atoms with E-state index in [9.17, 15) is 19.1 Å². The fourth-order valence-corrected chi connectivity index (χ4v) is 2.70. The Morgan fingerprint density at radius 2 is 2.19 bits per heavy atom. The number of ether oxygens (including phenoxy) is 1. The number of benzene rings is 1. The number of carbonyl (C=O) groups is 2. The first-order valence-corrected chi connectivity index (χ1v) is 6.80. The van der Waals surface area contributed by atoms with E-state index in [1.54, 1.807) is 6.92 Å². The second-order valence-corrected chi connectivity index (χ2v) is 5.23. The monoisotopic (exact) mass is 295 g/mol. The zero-order valence-corrected chi connectivity index (χ0v) is 12.1. The molecule has 1 amide bonds. The maximum Gasteiger partial charge on any atom is 0.311 e. The van der Waals surface area contributed by atoms with E-state index >= 15 is 0 Å². The Bertz CT molecular complexity index is 575. The fraction of sp³-hybridized carbons (Fsp3) is 0.467. The molecule has 1 fully saturated rings. The number of methoxy groups -OCH3 is 1. The Balaban J connectivity index is 2.29. The van der Waals surface area contributed by atoms with Crippen molar-refractivity contribution in [2.75, 3.05) is 20.2 Å². The molecule has 1 aliphatic heterocycles. The Hall–Kier alpha value is -2.11. The highest BCUT2D eigenvalue weighted by atomic mass is 19.1. The summed E-state index contributed by atoms with van der Waals surface area (Å²) in [5, 5.41) is 9.35. The largest absolute Gasteiger partial charge is 0.496 e. The van der Waals surface area contributed by atoms with E-state index in [1.807, 2.05) is 0 Å². The second kappa shape index (κ2) is 5.71. The fourth-order valence-electron chi connectivity index (χ4n) is 2.70. The van der Waals surface area contributed by atoms with Gasteiger partial charge in [0.15, 0.2) is 0 Å². The van der Waals surface area contributed by atoms with Crippen LogP contribution in [0.5, 0.6) is 5.75 Å². The molecule has 6 heteroatoms. The van der Waals surface area contributed by atoms with Gasteiger partial charge < -0.3 is 14.7 Å². The van der Waals surface area contributed by atoms with Gasteiger partial charge in [0.25, 0.3) is 5.91 Å². The van der Waals surface area contributed by atoms with Crippen molar-refractivity contribution < 1.29 is 23.8 Å². The van der Waals surface area contributed by atoms with Crippen LogP contribution in [0, 0.1) is 11.2 Å². The summed E-state index contributed by atoms with van der Waals surface area (Å²) >= 11 is 0. The SMILES string of the molecule is CCC1(C(=O)O)CCN(C(=O)c2c(F)cccc2OC)C1. The van der Waals surface area contributed by atoms with Crippen molar-refractivity contribution in [3.8, 4) is 5.75 Å². The number of hydrogen-bond donors (Lipinski definition) is 1. The lowest BCUT2D eigenvalue weighted by atomic mass is 9.84. The van der Waals surface area contributed by atoms with Crippen LogP contribution in [0.4, 0.5) is 4.39 Å². The van der Waals surface area contributed by atoms with E-state index in [0.29, 0.717) is 19.4 Å². The van der Waals surface area contributed by atoms with Crippen LogP contribution in [0.15, 0.2) is 18.2 Å². The first kappa shape index (κ1) is 15.3. The van der Waals surface area contributed by atoms with Crippen LogP contribution in [-0.2, 0) is 4.79 Å². The van der Waals surface area contributed by atoms with E-state index in [0.717, 1.165) is 0 Å². The van der Waals surface area contributed by atoms with Crippen LogP contribution < -0.4 is 4.74 Å². The number of rotatable bonds is 4. The van der Waals surface area contributed by atoms with Gasteiger partial charge in [0, 0.05) is 13.1 Å². The first-order valence-electron chi connectivity index (χ1n) is 6.80. The predicted molar refractivity (Wildman–Crippen MR) is 73.8 cm³/mol. The molecule has 5 nitrogen and oxygen atoms in total. The van der Waals surface area contributed by atoms with Crippen molar-refractivity contribution in [3.63, 3.8) is 0 Å². The molecule has 1 N–H and O–H groups in total. The summed E-state index contributed by atoms with van der Waals surface area (Å²) in [5.41, 5.74) is -1.08. The van der Waals surface area contributed by atoms with Gasteiger partial charge in [0.1, 0.15) is 17.1 Å². The third-order valence-electron chi connectivity index (χ3n) is 4.18. The van der Waals surface area contributed by atoms with E-state index in [1.165, 1.54) is 30.2 Å². The Labute approximate surface area is 122 Å². The van der Waals surface area contributed by atoms with E-state index in [4.69, 9.17) is 4.74 Å². The number of halogens is 1. The van der Waals surface area contributed by atoms with Crippen LogP contribution >= 0.6 is 0 Å². The third-order valence-corrected chi connectivity index (χ3v) is 4.18. The van der Waals surface area contributed by atoms with Gasteiger partial charge in [0.05, 0.1) is 12.5 Å². The molecule has 1 atom stereocenters. The molecule has 1 saturated heterocycles. The smallest absolute Gasteiger partial charge is 0.311 e. The van der Waals surface area contributed by atoms with Crippen LogP contribution in [0.2, 0.25) is 0 Å². The zero-order chi connectivity index (χ0) is 15.6. The summed E-state index contributed by atoms with van der Waals surface area (Å²) < 4.78 is 19.0. The van der Waals surface area contributed by atoms with Gasteiger partial charge in [-0.3, -0.25) is 9.59 Å². The standard InChI is InChI=1S/C15H18FNO4/c1-3-15(14(19)20)7-8-17(9-15)13(18)12-10(16)5-4-6-11(12)21-2/h4-6H,3,7-9H2,1-2H3,(H,19,20). The normalized spacial score (nSPS) is 21.4. The molecule has 1 unspecified atom stereocenters. The summed E-state index contributed by atoms with van der Waals surface area (Å²) in [7, 11) is 1.36. The molecule has 0 bridgehead atoms. The lowest BCUT2D eigenvalue weighted by molar-refractivity contribution is -0.148. The van der Waals surface area contributed by atoms with E-state index in [-0.39, 0.29) is 17.9 Å². The van der Waals surface area contributed by atoms with Crippen LogP contribution in [0.1, 0.15) is 30.1 Å². The number of nitrogens with zero attached hydrogens (tertiary/aromatic N) is 1. The quantitative estimate of drug-likeness (QED) is 0.924. The van der Waals surface area contributed by atoms with Crippen molar-refractivity contribution in [2.24, 2.45) is 5.41 Å². The van der Waals surface area contributed by atoms with Gasteiger partial charge in [-0.15, -0.1) is 0 Å². The molecule has 1 heterocycles. The van der Waals surface area contributed by atoms with Crippen LogP contribution in [0.3, 0.4) is 0 Å². The third kappa shape index (κ3) is 2.57. The summed E-state index contributed by atoms with van der Waals surface area (Å²) in [6, 6.07) is 4.16. The van der Waals surface area contributed by atoms with Crippen molar-refractivity contribution in [1.29, 1.82) is 0 Å². The van der Waals surface area contributed by atoms with Crippen molar-refractivity contribution in [2.45, 2.75) is 19.8 Å². The molecule has 114 valence electrons. The summed E-state index contributed by atoms with van der Waals surface area (Å²) in [6.45, 7) is 2.18. The molecular weight excluding hydrogens is 277 g/mol. The van der Waals surface area contributed by atoms with Crippen LogP contribution in [-0.4, -0.2) is 42.1 Å². The topological polar surface area (TPSA) is 66.8 Å². The number of hydrogen-bond acceptors (Lipinski definition) is 3. The average Bonchev–Trinajstić information content (AvgIpc) is 2.92. The molecule has 0 aromatic heterocycles. The minimum atomic E-state index is -0.936. The molecule has 0 spiro atoms. The summed E-state index contributed by atoms with van der Waals surface area (Å²) in [6.07, 6.45) is 0.807. The second-order valence-electron chi connectivity index (χ2n) is 5.23. The first-order chi connectivity index (χ1) is 9.95. The molecule has 1 aromatic rings. The molecule has 1 aliphatic rings. The number of aliphatic carboxylic acids is 1. The molecule has 21 heavy (non-hydrogen) atoms. The van der Waals surface area contributed by atoms with E-state index < -0.39 is 23.1 Å². The predicted octanol–water partition coefficient (Wildman–Crippen LogP) is 2.16. The maximum atomic E-state index is 13.9. The zero-order valence-electron chi connectivity index (χ0n) is 12.1. The van der Waals surface area contributed by atoms with Crippen molar-refractivity contribution in [3.05, 3.63) is 29.6 Å². The van der Waals surface area contributed by atoms with Gasteiger partial charge >= 0.3 is 5.97 Å². The minimum Gasteiger partial charge on any atom is -0.496 e. The van der Waals surface area contributed by atoms with Gasteiger partial charge in [0.2, 0.25) is 0 Å². The Morgan fingerprint density at radius 1 is 1.48 bits per heavy atom. The van der Waals surface area contributed by atoms with Gasteiger partial charge in [-0.2, -0.15) is 0 Å². The minimum absolute atomic E-state index is 0.0924. The highest BCUT2D eigenvalue weighted by Crippen LogP contribution is 2.36. The summed E-state index contributed by atoms with van der Waals surface area (Å²) in [5.74, 6) is -1.95. The number of amides is 1. The van der Waals surface area contributed by atoms with E-state index in [2.05, 4.69) is 0 Å². The van der Waals surface area contributed by atoms with Gasteiger partial charge in [-0.25, -0.2) is 4.39 Å². The number of carboxylic acids is 1. The maximum absolute atomic E-state index is 13.9. The van der Waals surface area contributed by atoms with Gasteiger partial charge in [-0.05, 0) is 25.0 Å².